The van der Waals surface area contributed by atoms with Gasteiger partial charge in [-0.2, -0.15) is 5.10 Å². The molecule has 1 saturated carbocycles. The van der Waals surface area contributed by atoms with Crippen LogP contribution in [0.25, 0.3) is 0 Å². The topological polar surface area (TPSA) is 62.6 Å². The van der Waals surface area contributed by atoms with Gasteiger partial charge in [0.25, 0.3) is 0 Å². The van der Waals surface area contributed by atoms with Crippen molar-refractivity contribution in [2.45, 2.75) is 18.9 Å². The first-order chi connectivity index (χ1) is 11.2. The zero-order valence-corrected chi connectivity index (χ0v) is 12.9. The van der Waals surface area contributed by atoms with Gasteiger partial charge in [-0.1, -0.05) is 12.1 Å². The van der Waals surface area contributed by atoms with Crippen molar-refractivity contribution in [3.63, 3.8) is 0 Å². The van der Waals surface area contributed by atoms with Gasteiger partial charge in [0.1, 0.15) is 19.8 Å². The maximum atomic E-state index is 12.2. The Hall–Kier alpha value is -2.50. The second-order valence-electron chi connectivity index (χ2n) is 5.95. The third-order valence-corrected chi connectivity index (χ3v) is 4.26. The molecule has 0 N–H and O–H groups in total. The maximum absolute atomic E-state index is 12.2. The SMILES string of the molecule is Cn1cc([C@H]2C[C@H]2C(=O)OCc2cccc3c2OCCO3)cn1. The highest BCUT2D eigenvalue weighted by Crippen LogP contribution is 2.48. The first kappa shape index (κ1) is 14.1. The van der Waals surface area contributed by atoms with Crippen LogP contribution < -0.4 is 9.47 Å². The lowest BCUT2D eigenvalue weighted by molar-refractivity contribution is -0.146. The fourth-order valence-electron chi connectivity index (χ4n) is 2.96. The Bertz CT molecular complexity index is 740. The number of hydrogen-bond acceptors (Lipinski definition) is 5. The molecule has 2 aliphatic rings. The fourth-order valence-corrected chi connectivity index (χ4v) is 2.96. The Labute approximate surface area is 134 Å². The normalized spacial score (nSPS) is 21.8. The first-order valence-electron chi connectivity index (χ1n) is 7.75. The highest BCUT2D eigenvalue weighted by molar-refractivity contribution is 5.77. The van der Waals surface area contributed by atoms with E-state index in [1.54, 1.807) is 4.68 Å². The van der Waals surface area contributed by atoms with E-state index in [0.717, 1.165) is 17.5 Å². The second-order valence-corrected chi connectivity index (χ2v) is 5.95. The minimum atomic E-state index is -0.159. The Morgan fingerprint density at radius 2 is 2.26 bits per heavy atom. The van der Waals surface area contributed by atoms with Crippen molar-refractivity contribution >= 4 is 5.97 Å². The lowest BCUT2D eigenvalue weighted by Crippen LogP contribution is -2.17. The van der Waals surface area contributed by atoms with Crippen LogP contribution in [0.3, 0.4) is 0 Å². The highest BCUT2D eigenvalue weighted by Gasteiger charge is 2.45. The van der Waals surface area contributed by atoms with Crippen LogP contribution in [0.5, 0.6) is 11.5 Å². The summed E-state index contributed by atoms with van der Waals surface area (Å²) in [5.41, 5.74) is 1.94. The molecule has 2 atom stereocenters. The lowest BCUT2D eigenvalue weighted by atomic mass is 10.2. The molecular formula is C17H18N2O4. The van der Waals surface area contributed by atoms with Gasteiger partial charge in [-0.05, 0) is 18.1 Å². The Morgan fingerprint density at radius 1 is 1.39 bits per heavy atom. The predicted molar refractivity (Wildman–Crippen MR) is 81.3 cm³/mol. The molecule has 0 spiro atoms. The summed E-state index contributed by atoms with van der Waals surface area (Å²) in [4.78, 5) is 12.2. The third kappa shape index (κ3) is 2.76. The number of nitrogens with zero attached hydrogens (tertiary/aromatic N) is 2. The largest absolute Gasteiger partial charge is 0.486 e. The average molecular weight is 314 g/mol. The number of esters is 1. The number of carbonyl (C=O) groups excluding carboxylic acids is 1. The number of rotatable bonds is 4. The minimum absolute atomic E-state index is 0.0593. The molecule has 1 fully saturated rings. The van der Waals surface area contributed by atoms with Crippen LogP contribution >= 0.6 is 0 Å². The van der Waals surface area contributed by atoms with Gasteiger partial charge in [-0.25, -0.2) is 0 Å². The number of aryl methyl sites for hydroxylation is 1. The number of aromatic nitrogens is 2. The molecular weight excluding hydrogens is 296 g/mol. The van der Waals surface area contributed by atoms with Crippen LogP contribution in [-0.2, 0) is 23.2 Å². The Balaban J connectivity index is 1.38. The van der Waals surface area contributed by atoms with Crippen LogP contribution in [0, 0.1) is 5.92 Å². The van der Waals surface area contributed by atoms with E-state index in [-0.39, 0.29) is 24.4 Å². The molecule has 2 heterocycles. The van der Waals surface area contributed by atoms with Crippen molar-refractivity contribution in [3.8, 4) is 11.5 Å². The van der Waals surface area contributed by atoms with Crippen molar-refractivity contribution in [1.29, 1.82) is 0 Å². The molecule has 0 bridgehead atoms. The number of para-hydroxylation sites is 1. The first-order valence-corrected chi connectivity index (χ1v) is 7.75. The van der Waals surface area contributed by atoms with E-state index in [1.807, 2.05) is 37.6 Å². The van der Waals surface area contributed by atoms with Crippen molar-refractivity contribution in [2.24, 2.45) is 13.0 Å². The van der Waals surface area contributed by atoms with Gasteiger partial charge < -0.3 is 14.2 Å². The van der Waals surface area contributed by atoms with Gasteiger partial charge in [0.15, 0.2) is 11.5 Å². The second kappa shape index (κ2) is 5.61. The van der Waals surface area contributed by atoms with E-state index >= 15 is 0 Å². The molecule has 120 valence electrons. The molecule has 4 rings (SSSR count). The summed E-state index contributed by atoms with van der Waals surface area (Å²) in [6.07, 6.45) is 4.60. The summed E-state index contributed by atoms with van der Waals surface area (Å²) < 4.78 is 18.4. The molecule has 0 radical (unpaired) electrons. The lowest BCUT2D eigenvalue weighted by Gasteiger charge is -2.20. The molecule has 0 unspecified atom stereocenters. The Morgan fingerprint density at radius 3 is 3.09 bits per heavy atom. The van der Waals surface area contributed by atoms with E-state index in [0.29, 0.717) is 24.7 Å². The average Bonchev–Trinajstić information content (AvgIpc) is 3.27. The molecule has 23 heavy (non-hydrogen) atoms. The van der Waals surface area contributed by atoms with E-state index in [2.05, 4.69) is 5.10 Å². The van der Waals surface area contributed by atoms with Crippen LogP contribution in [0.2, 0.25) is 0 Å². The molecule has 1 aromatic carbocycles. The summed E-state index contributed by atoms with van der Waals surface area (Å²) >= 11 is 0. The van der Waals surface area contributed by atoms with Crippen molar-refractivity contribution in [2.75, 3.05) is 13.2 Å². The van der Waals surface area contributed by atoms with Crippen LogP contribution in [0.4, 0.5) is 0 Å². The summed E-state index contributed by atoms with van der Waals surface area (Å²) in [7, 11) is 1.87. The molecule has 2 aromatic rings. The highest BCUT2D eigenvalue weighted by atomic mass is 16.6. The molecule has 6 heteroatoms. The van der Waals surface area contributed by atoms with E-state index in [1.165, 1.54) is 0 Å². The molecule has 0 saturated heterocycles. The van der Waals surface area contributed by atoms with Gasteiger partial charge in [-0.3, -0.25) is 9.48 Å². The van der Waals surface area contributed by atoms with E-state index in [9.17, 15) is 4.79 Å². The van der Waals surface area contributed by atoms with Crippen molar-refractivity contribution in [1.82, 2.24) is 9.78 Å². The van der Waals surface area contributed by atoms with Gasteiger partial charge in [0, 0.05) is 24.7 Å². The van der Waals surface area contributed by atoms with Crippen molar-refractivity contribution < 1.29 is 19.0 Å². The predicted octanol–water partition coefficient (Wildman–Crippen LogP) is 2.04. The zero-order chi connectivity index (χ0) is 15.8. The van der Waals surface area contributed by atoms with Crippen LogP contribution in [0.15, 0.2) is 30.6 Å². The standard InChI is InChI=1S/C17H18N2O4/c1-19-9-12(8-18-19)13-7-14(13)17(20)23-10-11-3-2-4-15-16(11)22-6-5-21-15/h2-4,8-9,13-14H,5-7,10H2,1H3/t13-,14-/m1/s1. The summed E-state index contributed by atoms with van der Waals surface area (Å²) in [5, 5.41) is 4.15. The summed E-state index contributed by atoms with van der Waals surface area (Å²) in [6.45, 7) is 1.27. The van der Waals surface area contributed by atoms with Gasteiger partial charge in [0.05, 0.1) is 12.1 Å². The summed E-state index contributed by atoms with van der Waals surface area (Å²) in [5.74, 6) is 1.42. The number of benzene rings is 1. The number of ether oxygens (including phenoxy) is 3. The number of carbonyl (C=O) groups is 1. The smallest absolute Gasteiger partial charge is 0.309 e. The zero-order valence-electron chi connectivity index (χ0n) is 12.9. The molecule has 1 aromatic heterocycles. The number of fused-ring (bicyclic) bond motifs is 1. The maximum Gasteiger partial charge on any atom is 0.309 e. The fraction of sp³-hybridized carbons (Fsp3) is 0.412. The third-order valence-electron chi connectivity index (χ3n) is 4.26. The van der Waals surface area contributed by atoms with Gasteiger partial charge in [-0.15, -0.1) is 0 Å². The number of hydrogen-bond donors (Lipinski definition) is 0. The molecule has 0 amide bonds. The van der Waals surface area contributed by atoms with Gasteiger partial charge in [0.2, 0.25) is 0 Å². The van der Waals surface area contributed by atoms with Crippen molar-refractivity contribution in [3.05, 3.63) is 41.7 Å². The summed E-state index contributed by atoms with van der Waals surface area (Å²) in [6, 6.07) is 5.64. The Kier molecular flexibility index (Phi) is 3.44. The van der Waals surface area contributed by atoms with E-state index in [4.69, 9.17) is 14.2 Å². The van der Waals surface area contributed by atoms with Gasteiger partial charge >= 0.3 is 5.97 Å². The minimum Gasteiger partial charge on any atom is -0.486 e. The van der Waals surface area contributed by atoms with Crippen LogP contribution in [0.1, 0.15) is 23.5 Å². The monoisotopic (exact) mass is 314 g/mol. The van der Waals surface area contributed by atoms with Crippen LogP contribution in [-0.4, -0.2) is 29.0 Å². The molecule has 1 aliphatic carbocycles. The quantitative estimate of drug-likeness (QED) is 0.808. The molecule has 6 nitrogen and oxygen atoms in total. The molecule has 1 aliphatic heterocycles. The van der Waals surface area contributed by atoms with E-state index < -0.39 is 0 Å².